The fraction of sp³-hybridized carbons (Fsp3) is 0.462. The minimum Gasteiger partial charge on any atom is -0.497 e. The van der Waals surface area contributed by atoms with Gasteiger partial charge in [-0.25, -0.2) is 0 Å². The van der Waals surface area contributed by atoms with Gasteiger partial charge in [-0.2, -0.15) is 0 Å². The van der Waals surface area contributed by atoms with Crippen LogP contribution in [0.5, 0.6) is 5.75 Å². The van der Waals surface area contributed by atoms with Gasteiger partial charge < -0.3 is 19.5 Å². The second kappa shape index (κ2) is 8.86. The van der Waals surface area contributed by atoms with Crippen LogP contribution in [0.15, 0.2) is 41.8 Å². The number of fused-ring (bicyclic) bond motifs is 3. The lowest BCUT2D eigenvalue weighted by Gasteiger charge is -2.44. The molecule has 0 spiro atoms. The summed E-state index contributed by atoms with van der Waals surface area (Å²) in [5.41, 5.74) is 1.63. The third-order valence-corrected chi connectivity index (χ3v) is 8.06. The van der Waals surface area contributed by atoms with Crippen molar-refractivity contribution in [3.63, 3.8) is 0 Å². The van der Waals surface area contributed by atoms with E-state index < -0.39 is 5.54 Å². The molecule has 0 unspecified atom stereocenters. The molecule has 3 heterocycles. The molecule has 2 amide bonds. The van der Waals surface area contributed by atoms with Gasteiger partial charge in [-0.1, -0.05) is 37.8 Å². The monoisotopic (exact) mass is 465 g/mol. The third kappa shape index (κ3) is 4.03. The van der Waals surface area contributed by atoms with Crippen molar-refractivity contribution in [1.82, 2.24) is 14.8 Å². The highest BCUT2D eigenvalue weighted by atomic mass is 32.1. The van der Waals surface area contributed by atoms with Crippen molar-refractivity contribution in [2.24, 2.45) is 0 Å². The summed E-state index contributed by atoms with van der Waals surface area (Å²) in [5.74, 6) is 0.574. The maximum atomic E-state index is 13.8. The Morgan fingerprint density at radius 3 is 2.73 bits per heavy atom. The van der Waals surface area contributed by atoms with Crippen LogP contribution in [0.1, 0.15) is 61.5 Å². The number of carbonyl (C=O) groups is 2. The third-order valence-electron chi connectivity index (χ3n) is 7.20. The van der Waals surface area contributed by atoms with Gasteiger partial charge in [0.05, 0.1) is 23.9 Å². The Kier molecular flexibility index (Phi) is 5.91. The molecule has 3 aromatic rings. The van der Waals surface area contributed by atoms with Crippen molar-refractivity contribution in [3.05, 3.63) is 53.0 Å². The number of hydrogen-bond donors (Lipinski definition) is 1. The minimum atomic E-state index is -0.993. The van der Waals surface area contributed by atoms with E-state index >= 15 is 0 Å². The number of aromatic nitrogens is 1. The number of hydrogen-bond acceptors (Lipinski definition) is 4. The van der Waals surface area contributed by atoms with E-state index in [0.29, 0.717) is 18.8 Å². The number of nitrogens with one attached hydrogen (secondary N) is 1. The summed E-state index contributed by atoms with van der Waals surface area (Å²) in [6.45, 7) is 2.71. The summed E-state index contributed by atoms with van der Waals surface area (Å²) in [6, 6.07) is 11.9. The van der Waals surface area contributed by atoms with Crippen molar-refractivity contribution >= 4 is 33.4 Å². The molecular weight excluding hydrogens is 434 g/mol. The summed E-state index contributed by atoms with van der Waals surface area (Å²) >= 11 is 1.62. The van der Waals surface area contributed by atoms with Gasteiger partial charge in [0.2, 0.25) is 5.91 Å². The smallest absolute Gasteiger partial charge is 0.271 e. The zero-order valence-corrected chi connectivity index (χ0v) is 20.1. The second-order valence-electron chi connectivity index (χ2n) is 9.46. The van der Waals surface area contributed by atoms with E-state index in [-0.39, 0.29) is 17.9 Å². The SMILES string of the molecule is COc1cccc(CN2C(=O)c3cc4sccc4n3C[C@]2(C)C(=O)NC2CCCCCC2)c1. The predicted molar refractivity (Wildman–Crippen MR) is 131 cm³/mol. The van der Waals surface area contributed by atoms with E-state index in [2.05, 4.69) is 5.32 Å². The molecule has 2 aromatic heterocycles. The van der Waals surface area contributed by atoms with Gasteiger partial charge in [0, 0.05) is 12.6 Å². The van der Waals surface area contributed by atoms with Gasteiger partial charge in [-0.3, -0.25) is 9.59 Å². The molecule has 7 heteroatoms. The van der Waals surface area contributed by atoms with Crippen LogP contribution in [-0.4, -0.2) is 40.0 Å². The lowest BCUT2D eigenvalue weighted by molar-refractivity contribution is -0.134. The number of methoxy groups -OCH3 is 1. The first-order valence-electron chi connectivity index (χ1n) is 11.8. The van der Waals surface area contributed by atoms with Crippen molar-refractivity contribution in [2.75, 3.05) is 7.11 Å². The van der Waals surface area contributed by atoms with Crippen LogP contribution in [-0.2, 0) is 17.9 Å². The summed E-state index contributed by atoms with van der Waals surface area (Å²) in [6.07, 6.45) is 6.76. The highest BCUT2D eigenvalue weighted by Crippen LogP contribution is 2.35. The van der Waals surface area contributed by atoms with Crippen LogP contribution < -0.4 is 10.1 Å². The molecule has 174 valence electrons. The van der Waals surface area contributed by atoms with Crippen LogP contribution >= 0.6 is 11.3 Å². The van der Waals surface area contributed by atoms with Gasteiger partial charge in [0.15, 0.2) is 0 Å². The number of benzene rings is 1. The van der Waals surface area contributed by atoms with Gasteiger partial charge >= 0.3 is 0 Å². The molecule has 1 aliphatic heterocycles. The van der Waals surface area contributed by atoms with E-state index in [0.717, 1.165) is 47.2 Å². The number of thiophene rings is 1. The van der Waals surface area contributed by atoms with E-state index in [4.69, 9.17) is 4.74 Å². The second-order valence-corrected chi connectivity index (χ2v) is 10.4. The maximum Gasteiger partial charge on any atom is 0.271 e. The molecule has 0 bridgehead atoms. The molecule has 33 heavy (non-hydrogen) atoms. The summed E-state index contributed by atoms with van der Waals surface area (Å²) in [4.78, 5) is 29.4. The Labute approximate surface area is 198 Å². The first-order valence-corrected chi connectivity index (χ1v) is 12.7. The standard InChI is InChI=1S/C26H31N3O3S/c1-26(25(31)27-19-9-5-3-4-6-10-19)17-28-21-12-13-33-23(21)15-22(28)24(30)29(26)16-18-8-7-11-20(14-18)32-2/h7-8,11-15,19H,3-6,9-10,16-17H2,1-2H3,(H,27,31)/t26-/m1/s1. The zero-order valence-electron chi connectivity index (χ0n) is 19.3. The largest absolute Gasteiger partial charge is 0.497 e. The molecule has 2 aliphatic rings. The first kappa shape index (κ1) is 22.0. The van der Waals surface area contributed by atoms with Crippen molar-refractivity contribution in [2.45, 2.75) is 70.1 Å². The molecule has 1 fully saturated rings. The highest BCUT2D eigenvalue weighted by Gasteiger charge is 2.48. The average molecular weight is 466 g/mol. The molecule has 5 rings (SSSR count). The fourth-order valence-electron chi connectivity index (χ4n) is 5.24. The van der Waals surface area contributed by atoms with Crippen LogP contribution in [0, 0.1) is 0 Å². The summed E-state index contributed by atoms with van der Waals surface area (Å²) in [7, 11) is 1.63. The van der Waals surface area contributed by atoms with Gasteiger partial charge in [0.1, 0.15) is 17.0 Å². The average Bonchev–Trinajstić information content (AvgIpc) is 3.31. The normalized spacial score (nSPS) is 21.6. The van der Waals surface area contributed by atoms with E-state index in [1.54, 1.807) is 23.3 Å². The Hall–Kier alpha value is -2.80. The van der Waals surface area contributed by atoms with E-state index in [1.165, 1.54) is 12.8 Å². The Bertz CT molecular complexity index is 1170. The van der Waals surface area contributed by atoms with Gasteiger partial charge in [-0.15, -0.1) is 11.3 Å². The number of amides is 2. The van der Waals surface area contributed by atoms with Crippen molar-refractivity contribution < 1.29 is 14.3 Å². The Balaban J connectivity index is 1.51. The van der Waals surface area contributed by atoms with Gasteiger partial charge in [0.25, 0.3) is 5.91 Å². The fourth-order valence-corrected chi connectivity index (χ4v) is 6.06. The summed E-state index contributed by atoms with van der Waals surface area (Å²) < 4.78 is 8.49. The zero-order chi connectivity index (χ0) is 23.0. The lowest BCUT2D eigenvalue weighted by Crippen LogP contribution is -2.64. The van der Waals surface area contributed by atoms with E-state index in [9.17, 15) is 9.59 Å². The molecule has 1 aliphatic carbocycles. The molecular formula is C26H31N3O3S. The van der Waals surface area contributed by atoms with Crippen molar-refractivity contribution in [3.8, 4) is 5.75 Å². The topological polar surface area (TPSA) is 63.6 Å². The molecule has 0 radical (unpaired) electrons. The van der Waals surface area contributed by atoms with Crippen LogP contribution in [0.25, 0.3) is 10.2 Å². The van der Waals surface area contributed by atoms with E-state index in [1.807, 2.05) is 53.3 Å². The van der Waals surface area contributed by atoms with Crippen LogP contribution in [0.3, 0.4) is 0 Å². The molecule has 1 N–H and O–H groups in total. The Morgan fingerprint density at radius 2 is 1.97 bits per heavy atom. The molecule has 0 saturated heterocycles. The number of carbonyl (C=O) groups excluding carboxylic acids is 2. The molecule has 1 aromatic carbocycles. The molecule has 6 nitrogen and oxygen atoms in total. The lowest BCUT2D eigenvalue weighted by atomic mass is 9.93. The number of nitrogens with zero attached hydrogens (tertiary/aromatic N) is 2. The molecule has 1 atom stereocenters. The van der Waals surface area contributed by atoms with Crippen LogP contribution in [0.4, 0.5) is 0 Å². The van der Waals surface area contributed by atoms with Crippen LogP contribution in [0.2, 0.25) is 0 Å². The molecule has 1 saturated carbocycles. The highest BCUT2D eigenvalue weighted by molar-refractivity contribution is 7.17. The Morgan fingerprint density at radius 1 is 1.18 bits per heavy atom. The maximum absolute atomic E-state index is 13.8. The first-order chi connectivity index (χ1) is 16.0. The summed E-state index contributed by atoms with van der Waals surface area (Å²) in [5, 5.41) is 5.36. The predicted octanol–water partition coefficient (Wildman–Crippen LogP) is 4.97. The minimum absolute atomic E-state index is 0.0617. The number of rotatable bonds is 5. The van der Waals surface area contributed by atoms with Crippen molar-refractivity contribution in [1.29, 1.82) is 0 Å². The number of ether oxygens (including phenoxy) is 1. The quantitative estimate of drug-likeness (QED) is 0.542. The van der Waals surface area contributed by atoms with Gasteiger partial charge in [-0.05, 0) is 55.0 Å².